The fourth-order valence-corrected chi connectivity index (χ4v) is 3.25. The minimum Gasteiger partial charge on any atom is -0.375 e. The number of carbonyl (C=O) groups excluding carboxylic acids is 2. The zero-order valence-corrected chi connectivity index (χ0v) is 17.9. The predicted octanol–water partition coefficient (Wildman–Crippen LogP) is 5.32. The van der Waals surface area contributed by atoms with Gasteiger partial charge in [0.1, 0.15) is 0 Å². The van der Waals surface area contributed by atoms with Crippen molar-refractivity contribution in [1.82, 2.24) is 4.90 Å². The first-order valence-electron chi connectivity index (χ1n) is 9.30. The fraction of sp³-hybridized carbons (Fsp3) is 0.130. The summed E-state index contributed by atoms with van der Waals surface area (Å²) in [6.07, 6.45) is 0. The Morgan fingerprint density at radius 2 is 1.70 bits per heavy atom. The summed E-state index contributed by atoms with van der Waals surface area (Å²) in [7, 11) is 1.75. The maximum absolute atomic E-state index is 12.7. The Morgan fingerprint density at radius 1 is 0.933 bits per heavy atom. The Morgan fingerprint density at radius 3 is 2.47 bits per heavy atom. The van der Waals surface area contributed by atoms with Crippen molar-refractivity contribution in [2.45, 2.75) is 6.54 Å². The molecule has 0 aliphatic rings. The van der Waals surface area contributed by atoms with E-state index in [-0.39, 0.29) is 18.4 Å². The number of rotatable bonds is 7. The van der Waals surface area contributed by atoms with E-state index in [2.05, 4.69) is 10.6 Å². The smallest absolute Gasteiger partial charge is 0.253 e. The van der Waals surface area contributed by atoms with Crippen molar-refractivity contribution in [3.8, 4) is 0 Å². The molecule has 0 bridgehead atoms. The van der Waals surface area contributed by atoms with Gasteiger partial charge in [-0.1, -0.05) is 59.6 Å². The Kier molecular flexibility index (Phi) is 7.33. The van der Waals surface area contributed by atoms with Gasteiger partial charge in [0.05, 0.1) is 17.3 Å². The highest BCUT2D eigenvalue weighted by Gasteiger charge is 2.13. The first-order valence-corrected chi connectivity index (χ1v) is 10.1. The molecule has 2 amide bonds. The summed E-state index contributed by atoms with van der Waals surface area (Å²) in [5, 5.41) is 6.73. The molecule has 154 valence electrons. The summed E-state index contributed by atoms with van der Waals surface area (Å²) in [4.78, 5) is 26.7. The molecule has 0 radical (unpaired) electrons. The molecule has 0 aliphatic heterocycles. The summed E-state index contributed by atoms with van der Waals surface area (Å²) in [6.45, 7) is 0.507. The Labute approximate surface area is 185 Å². The van der Waals surface area contributed by atoms with Gasteiger partial charge >= 0.3 is 0 Å². The highest BCUT2D eigenvalue weighted by molar-refractivity contribution is 6.35. The number of hydrogen-bond acceptors (Lipinski definition) is 3. The molecule has 3 rings (SSSR count). The monoisotopic (exact) mass is 441 g/mol. The number of halogens is 2. The molecule has 0 unspecified atom stereocenters. The van der Waals surface area contributed by atoms with Crippen molar-refractivity contribution in [1.29, 1.82) is 0 Å². The molecule has 2 N–H and O–H groups in total. The summed E-state index contributed by atoms with van der Waals surface area (Å²) >= 11 is 12.0. The molecule has 5 nitrogen and oxygen atoms in total. The second kappa shape index (κ2) is 10.1. The zero-order valence-electron chi connectivity index (χ0n) is 16.4. The van der Waals surface area contributed by atoms with Crippen LogP contribution in [0.5, 0.6) is 0 Å². The predicted molar refractivity (Wildman–Crippen MR) is 122 cm³/mol. The highest BCUT2D eigenvalue weighted by atomic mass is 35.5. The van der Waals surface area contributed by atoms with Gasteiger partial charge in [-0.3, -0.25) is 9.59 Å². The van der Waals surface area contributed by atoms with E-state index in [1.54, 1.807) is 54.4 Å². The lowest BCUT2D eigenvalue weighted by atomic mass is 10.1. The quantitative estimate of drug-likeness (QED) is 0.521. The van der Waals surface area contributed by atoms with Crippen molar-refractivity contribution < 1.29 is 9.59 Å². The maximum atomic E-state index is 12.7. The number of anilines is 2. The van der Waals surface area contributed by atoms with Crippen LogP contribution in [0.25, 0.3) is 0 Å². The van der Waals surface area contributed by atoms with E-state index in [1.165, 1.54) is 0 Å². The molecular weight excluding hydrogens is 421 g/mol. The molecule has 0 aliphatic carbocycles. The number of amides is 2. The molecule has 30 heavy (non-hydrogen) atoms. The van der Waals surface area contributed by atoms with Crippen LogP contribution in [0.2, 0.25) is 10.0 Å². The maximum Gasteiger partial charge on any atom is 0.253 e. The van der Waals surface area contributed by atoms with Crippen LogP contribution < -0.4 is 10.6 Å². The number of nitrogens with zero attached hydrogens (tertiary/aromatic N) is 1. The van der Waals surface area contributed by atoms with Gasteiger partial charge in [-0.15, -0.1) is 0 Å². The van der Waals surface area contributed by atoms with Crippen LogP contribution in [-0.2, 0) is 11.3 Å². The molecule has 3 aromatic rings. The molecule has 7 heteroatoms. The van der Waals surface area contributed by atoms with Crippen molar-refractivity contribution in [3.05, 3.63) is 94.0 Å². The average Bonchev–Trinajstić information content (AvgIpc) is 2.74. The molecule has 0 heterocycles. The topological polar surface area (TPSA) is 61.4 Å². The summed E-state index contributed by atoms with van der Waals surface area (Å²) in [6, 6.07) is 21.6. The van der Waals surface area contributed by atoms with Gasteiger partial charge in [0.2, 0.25) is 5.91 Å². The van der Waals surface area contributed by atoms with Gasteiger partial charge in [0.15, 0.2) is 0 Å². The number of carbonyl (C=O) groups is 2. The summed E-state index contributed by atoms with van der Waals surface area (Å²) in [5.74, 6) is -0.396. The van der Waals surface area contributed by atoms with Crippen molar-refractivity contribution in [2.75, 3.05) is 24.2 Å². The van der Waals surface area contributed by atoms with Gasteiger partial charge < -0.3 is 15.5 Å². The standard InChI is InChI=1S/C23H21Cl2N3O2/c1-28(15-16-6-3-2-4-7-16)23(30)17-8-5-9-19(12-17)27-22(29)14-26-21-13-18(24)10-11-20(21)25/h2-13,26H,14-15H2,1H3,(H,27,29). The Bertz CT molecular complexity index is 1040. The number of hydrogen-bond donors (Lipinski definition) is 2. The third kappa shape index (κ3) is 5.99. The van der Waals surface area contributed by atoms with Crippen molar-refractivity contribution in [2.24, 2.45) is 0 Å². The fourth-order valence-electron chi connectivity index (χ4n) is 2.89. The van der Waals surface area contributed by atoms with E-state index in [0.29, 0.717) is 33.5 Å². The van der Waals surface area contributed by atoms with Gasteiger partial charge in [-0.25, -0.2) is 0 Å². The van der Waals surface area contributed by atoms with Crippen LogP contribution in [0, 0.1) is 0 Å². The summed E-state index contributed by atoms with van der Waals surface area (Å²) in [5.41, 5.74) is 2.66. The van der Waals surface area contributed by atoms with Gasteiger partial charge in [0, 0.05) is 29.9 Å². The van der Waals surface area contributed by atoms with Crippen molar-refractivity contribution >= 4 is 46.4 Å². The lowest BCUT2D eigenvalue weighted by Crippen LogP contribution is -2.26. The second-order valence-electron chi connectivity index (χ2n) is 6.75. The first-order chi connectivity index (χ1) is 14.4. The lowest BCUT2D eigenvalue weighted by Gasteiger charge is -2.18. The largest absolute Gasteiger partial charge is 0.375 e. The minimum absolute atomic E-state index is 0.00610. The van der Waals surface area contributed by atoms with Crippen LogP contribution in [0.1, 0.15) is 15.9 Å². The molecule has 0 saturated heterocycles. The molecule has 3 aromatic carbocycles. The minimum atomic E-state index is -0.270. The first kappa shape index (κ1) is 21.7. The normalized spacial score (nSPS) is 10.4. The third-order valence-electron chi connectivity index (χ3n) is 4.37. The van der Waals surface area contributed by atoms with Crippen LogP contribution >= 0.6 is 23.2 Å². The van der Waals surface area contributed by atoms with E-state index in [9.17, 15) is 9.59 Å². The molecule has 0 spiro atoms. The Hall–Kier alpha value is -3.02. The van der Waals surface area contributed by atoms with Crippen LogP contribution in [0.3, 0.4) is 0 Å². The van der Waals surface area contributed by atoms with Crippen molar-refractivity contribution in [3.63, 3.8) is 0 Å². The third-order valence-corrected chi connectivity index (χ3v) is 4.94. The van der Waals surface area contributed by atoms with E-state index in [1.807, 2.05) is 30.3 Å². The van der Waals surface area contributed by atoms with Gasteiger partial charge in [0.25, 0.3) is 5.91 Å². The van der Waals surface area contributed by atoms with Gasteiger partial charge in [-0.05, 0) is 42.0 Å². The summed E-state index contributed by atoms with van der Waals surface area (Å²) < 4.78 is 0. The Balaban J connectivity index is 1.59. The molecule has 0 aromatic heterocycles. The van der Waals surface area contributed by atoms with E-state index >= 15 is 0 Å². The van der Waals surface area contributed by atoms with Crippen LogP contribution in [0.4, 0.5) is 11.4 Å². The molecular formula is C23H21Cl2N3O2. The zero-order chi connectivity index (χ0) is 21.5. The molecule has 0 fully saturated rings. The van der Waals surface area contributed by atoms with Gasteiger partial charge in [-0.2, -0.15) is 0 Å². The van der Waals surface area contributed by atoms with Crippen LogP contribution in [-0.4, -0.2) is 30.3 Å². The number of nitrogens with one attached hydrogen (secondary N) is 2. The highest BCUT2D eigenvalue weighted by Crippen LogP contribution is 2.25. The van der Waals surface area contributed by atoms with E-state index in [4.69, 9.17) is 23.2 Å². The SMILES string of the molecule is CN(Cc1ccccc1)C(=O)c1cccc(NC(=O)CNc2cc(Cl)ccc2Cl)c1. The molecule has 0 saturated carbocycles. The average molecular weight is 442 g/mol. The van der Waals surface area contributed by atoms with E-state index < -0.39 is 0 Å². The lowest BCUT2D eigenvalue weighted by molar-refractivity contribution is -0.114. The van der Waals surface area contributed by atoms with E-state index in [0.717, 1.165) is 5.56 Å². The number of benzene rings is 3. The molecule has 0 atom stereocenters. The van der Waals surface area contributed by atoms with Crippen LogP contribution in [0.15, 0.2) is 72.8 Å². The second-order valence-corrected chi connectivity index (χ2v) is 7.60.